The van der Waals surface area contributed by atoms with Gasteiger partial charge >= 0.3 is 0 Å². The lowest BCUT2D eigenvalue weighted by Gasteiger charge is -2.18. The molecule has 0 unspecified atom stereocenters. The highest BCUT2D eigenvalue weighted by Crippen LogP contribution is 2.51. The Labute approximate surface area is 167 Å². The van der Waals surface area contributed by atoms with E-state index in [0.717, 1.165) is 0 Å². The van der Waals surface area contributed by atoms with E-state index in [9.17, 15) is 4.79 Å². The van der Waals surface area contributed by atoms with Crippen molar-refractivity contribution in [2.45, 2.75) is 0 Å². The van der Waals surface area contributed by atoms with E-state index < -0.39 is 5.43 Å². The van der Waals surface area contributed by atoms with Gasteiger partial charge in [0.15, 0.2) is 17.1 Å². The van der Waals surface area contributed by atoms with Gasteiger partial charge < -0.3 is 32.8 Å². The molecule has 8 nitrogen and oxygen atoms in total. The minimum atomic E-state index is -0.442. The molecule has 2 aromatic carbocycles. The lowest BCUT2D eigenvalue weighted by atomic mass is 10.1. The van der Waals surface area contributed by atoms with Crippen LogP contribution in [-0.4, -0.2) is 42.7 Å². The molecule has 0 atom stereocenters. The lowest BCUT2D eigenvalue weighted by Crippen LogP contribution is -2.11. The summed E-state index contributed by atoms with van der Waals surface area (Å²) in [7, 11) is 8.71. The van der Waals surface area contributed by atoms with Crippen molar-refractivity contribution in [2.24, 2.45) is 0 Å². The van der Waals surface area contributed by atoms with Gasteiger partial charge in [-0.2, -0.15) is 0 Å². The zero-order valence-corrected chi connectivity index (χ0v) is 17.1. The number of hydrogen-bond acceptors (Lipinski definition) is 8. The molecule has 0 fully saturated rings. The molecule has 0 aliphatic heterocycles. The van der Waals surface area contributed by atoms with Crippen molar-refractivity contribution < 1.29 is 32.8 Å². The van der Waals surface area contributed by atoms with Crippen LogP contribution >= 0.6 is 0 Å². The van der Waals surface area contributed by atoms with Crippen molar-refractivity contribution in [1.82, 2.24) is 0 Å². The molecule has 29 heavy (non-hydrogen) atoms. The van der Waals surface area contributed by atoms with Gasteiger partial charge in [0.05, 0.1) is 42.7 Å². The number of rotatable bonds is 7. The van der Waals surface area contributed by atoms with Gasteiger partial charge in [-0.3, -0.25) is 4.79 Å². The topological polar surface area (TPSA) is 85.6 Å². The van der Waals surface area contributed by atoms with E-state index in [2.05, 4.69) is 0 Å². The number of hydrogen-bond donors (Lipinski definition) is 0. The van der Waals surface area contributed by atoms with Gasteiger partial charge in [0.25, 0.3) is 0 Å². The molecule has 0 aliphatic rings. The first-order valence-corrected chi connectivity index (χ1v) is 8.61. The normalized spacial score (nSPS) is 10.6. The standard InChI is InChI=1S/C21H22O8/c1-23-12-9-7-8-11(10-12)15-18(25-3)14(22)13-16(24-2)19(26-4)21(28-6)20(27-5)17(13)29-15/h7-10H,1-6H3. The second-order valence-corrected chi connectivity index (χ2v) is 5.86. The third kappa shape index (κ3) is 3.16. The molecule has 0 N–H and O–H groups in total. The van der Waals surface area contributed by atoms with Crippen LogP contribution in [-0.2, 0) is 0 Å². The van der Waals surface area contributed by atoms with E-state index in [1.165, 1.54) is 35.5 Å². The zero-order chi connectivity index (χ0) is 21.1. The molecule has 1 aromatic heterocycles. The van der Waals surface area contributed by atoms with E-state index in [0.29, 0.717) is 11.3 Å². The van der Waals surface area contributed by atoms with Gasteiger partial charge in [-0.1, -0.05) is 12.1 Å². The minimum Gasteiger partial charge on any atom is -0.497 e. The molecule has 154 valence electrons. The van der Waals surface area contributed by atoms with E-state index in [1.807, 2.05) is 0 Å². The molecule has 1 heterocycles. The maximum atomic E-state index is 13.4. The first kappa shape index (κ1) is 20.2. The summed E-state index contributed by atoms with van der Waals surface area (Å²) in [5.41, 5.74) is 0.296. The summed E-state index contributed by atoms with van der Waals surface area (Å²) in [5, 5.41) is 0.116. The largest absolute Gasteiger partial charge is 0.497 e. The fraction of sp³-hybridized carbons (Fsp3) is 0.286. The van der Waals surface area contributed by atoms with Crippen molar-refractivity contribution in [2.75, 3.05) is 42.7 Å². The summed E-state index contributed by atoms with van der Waals surface area (Å²) in [6.45, 7) is 0. The molecule has 3 rings (SSSR count). The average Bonchev–Trinajstić information content (AvgIpc) is 2.76. The quantitative estimate of drug-likeness (QED) is 0.594. The van der Waals surface area contributed by atoms with Crippen LogP contribution in [0.5, 0.6) is 34.5 Å². The summed E-state index contributed by atoms with van der Waals surface area (Å²) >= 11 is 0. The first-order chi connectivity index (χ1) is 14.1. The van der Waals surface area contributed by atoms with Crippen LogP contribution in [0.1, 0.15) is 0 Å². The molecule has 0 saturated heterocycles. The zero-order valence-electron chi connectivity index (χ0n) is 17.1. The molecule has 3 aromatic rings. The Morgan fingerprint density at radius 1 is 0.690 bits per heavy atom. The van der Waals surface area contributed by atoms with Gasteiger partial charge in [-0.05, 0) is 12.1 Å². The Bertz CT molecular complexity index is 1100. The molecule has 0 spiro atoms. The summed E-state index contributed by atoms with van der Waals surface area (Å²) in [6, 6.07) is 7.08. The van der Waals surface area contributed by atoms with Crippen LogP contribution in [0.2, 0.25) is 0 Å². The van der Waals surface area contributed by atoms with Crippen LogP contribution in [0.25, 0.3) is 22.3 Å². The molecule has 0 radical (unpaired) electrons. The summed E-state index contributed by atoms with van der Waals surface area (Å²) in [4.78, 5) is 13.4. The van der Waals surface area contributed by atoms with Crippen LogP contribution in [0.4, 0.5) is 0 Å². The highest BCUT2D eigenvalue weighted by atomic mass is 16.5. The Morgan fingerprint density at radius 2 is 1.28 bits per heavy atom. The predicted molar refractivity (Wildman–Crippen MR) is 107 cm³/mol. The van der Waals surface area contributed by atoms with E-state index >= 15 is 0 Å². The van der Waals surface area contributed by atoms with Crippen molar-refractivity contribution in [1.29, 1.82) is 0 Å². The van der Waals surface area contributed by atoms with Crippen LogP contribution in [0.15, 0.2) is 33.5 Å². The van der Waals surface area contributed by atoms with Crippen molar-refractivity contribution >= 4 is 11.0 Å². The van der Waals surface area contributed by atoms with Crippen molar-refractivity contribution in [3.63, 3.8) is 0 Å². The third-order valence-electron chi connectivity index (χ3n) is 4.48. The number of ether oxygens (including phenoxy) is 6. The summed E-state index contributed by atoms with van der Waals surface area (Å²) < 4.78 is 38.6. The molecule has 8 heteroatoms. The highest BCUT2D eigenvalue weighted by Gasteiger charge is 2.30. The maximum absolute atomic E-state index is 13.4. The van der Waals surface area contributed by atoms with Gasteiger partial charge in [-0.25, -0.2) is 0 Å². The fourth-order valence-corrected chi connectivity index (χ4v) is 3.20. The second-order valence-electron chi connectivity index (χ2n) is 5.86. The average molecular weight is 402 g/mol. The van der Waals surface area contributed by atoms with E-state index in [4.69, 9.17) is 32.8 Å². The summed E-state index contributed by atoms with van der Waals surface area (Å²) in [5.74, 6) is 1.64. The molecular weight excluding hydrogens is 380 g/mol. The monoisotopic (exact) mass is 402 g/mol. The minimum absolute atomic E-state index is 0.0123. The highest BCUT2D eigenvalue weighted by molar-refractivity contribution is 5.96. The molecule has 0 bridgehead atoms. The molecular formula is C21H22O8. The lowest BCUT2D eigenvalue weighted by molar-refractivity contribution is 0.306. The molecule has 0 saturated carbocycles. The Balaban J connectivity index is 2.53. The Kier molecular flexibility index (Phi) is 5.72. The Hall–Kier alpha value is -3.55. The van der Waals surface area contributed by atoms with Gasteiger partial charge in [0, 0.05) is 5.56 Å². The third-order valence-corrected chi connectivity index (χ3v) is 4.48. The second kappa shape index (κ2) is 8.22. The van der Waals surface area contributed by atoms with Crippen molar-refractivity contribution in [3.8, 4) is 45.8 Å². The van der Waals surface area contributed by atoms with Gasteiger partial charge in [0.2, 0.25) is 28.4 Å². The smallest absolute Gasteiger partial charge is 0.239 e. The van der Waals surface area contributed by atoms with Gasteiger partial charge in [0.1, 0.15) is 11.1 Å². The number of fused-ring (bicyclic) bond motifs is 1. The van der Waals surface area contributed by atoms with Crippen LogP contribution in [0.3, 0.4) is 0 Å². The number of benzene rings is 2. The van der Waals surface area contributed by atoms with Gasteiger partial charge in [-0.15, -0.1) is 0 Å². The van der Waals surface area contributed by atoms with Crippen LogP contribution in [0, 0.1) is 0 Å². The van der Waals surface area contributed by atoms with E-state index in [-0.39, 0.29) is 45.5 Å². The summed E-state index contributed by atoms with van der Waals surface area (Å²) in [6.07, 6.45) is 0. The van der Waals surface area contributed by atoms with Crippen LogP contribution < -0.4 is 33.8 Å². The Morgan fingerprint density at radius 3 is 1.83 bits per heavy atom. The SMILES string of the molecule is COc1cccc(-c2oc3c(OC)c(OC)c(OC)c(OC)c3c(=O)c2OC)c1. The number of methoxy groups -OCH3 is 6. The predicted octanol–water partition coefficient (Wildman–Crippen LogP) is 3.51. The maximum Gasteiger partial charge on any atom is 0.239 e. The first-order valence-electron chi connectivity index (χ1n) is 8.61. The fourth-order valence-electron chi connectivity index (χ4n) is 3.20. The van der Waals surface area contributed by atoms with E-state index in [1.54, 1.807) is 31.4 Å². The molecule has 0 aliphatic carbocycles. The molecule has 0 amide bonds. The van der Waals surface area contributed by atoms with Crippen molar-refractivity contribution in [3.05, 3.63) is 34.5 Å².